The maximum Gasteiger partial charge on any atom is 0.340 e. The SMILES string of the molecule is O=CPc1ccc(C(=O)OCO)cc1. The molecule has 1 unspecified atom stereocenters. The van der Waals surface area contributed by atoms with Gasteiger partial charge in [0.1, 0.15) is 6.03 Å². The van der Waals surface area contributed by atoms with E-state index in [9.17, 15) is 9.59 Å². The lowest BCUT2D eigenvalue weighted by Gasteiger charge is -2.01. The van der Waals surface area contributed by atoms with E-state index in [1.165, 1.54) is 0 Å². The monoisotopic (exact) mass is 212 g/mol. The first-order valence-corrected chi connectivity index (χ1v) is 4.94. The van der Waals surface area contributed by atoms with Crippen LogP contribution in [0, 0.1) is 0 Å². The maximum absolute atomic E-state index is 11.1. The second-order valence-electron chi connectivity index (χ2n) is 2.40. The Bertz CT molecular complexity index is 320. The molecule has 0 aliphatic rings. The van der Waals surface area contributed by atoms with Gasteiger partial charge < -0.3 is 9.84 Å². The molecule has 0 saturated heterocycles. The standard InChI is InChI=1S/C9H9O4P/c10-5-13-9(12)7-1-3-8(4-2-7)14-6-11/h1-4,6,10,14H,5H2. The average molecular weight is 212 g/mol. The summed E-state index contributed by atoms with van der Waals surface area (Å²) >= 11 is 0. The van der Waals surface area contributed by atoms with Crippen molar-refractivity contribution in [1.82, 2.24) is 0 Å². The predicted molar refractivity (Wildman–Crippen MR) is 53.6 cm³/mol. The lowest BCUT2D eigenvalue weighted by atomic mass is 10.2. The first-order chi connectivity index (χ1) is 6.77. The molecule has 0 heterocycles. The van der Waals surface area contributed by atoms with E-state index in [-0.39, 0.29) is 8.58 Å². The van der Waals surface area contributed by atoms with Gasteiger partial charge in [0.2, 0.25) is 0 Å². The maximum atomic E-state index is 11.1. The summed E-state index contributed by atoms with van der Waals surface area (Å²) in [4.78, 5) is 21.2. The molecular weight excluding hydrogens is 203 g/mol. The van der Waals surface area contributed by atoms with Crippen molar-refractivity contribution >= 4 is 25.9 Å². The molecule has 4 nitrogen and oxygen atoms in total. The van der Waals surface area contributed by atoms with Crippen molar-refractivity contribution in [2.75, 3.05) is 6.79 Å². The van der Waals surface area contributed by atoms with E-state index in [2.05, 4.69) is 4.74 Å². The highest BCUT2D eigenvalue weighted by Gasteiger charge is 2.05. The van der Waals surface area contributed by atoms with E-state index < -0.39 is 12.8 Å². The molecule has 1 aromatic rings. The van der Waals surface area contributed by atoms with Crippen LogP contribution in [-0.4, -0.2) is 23.9 Å². The van der Waals surface area contributed by atoms with Crippen LogP contribution in [0.4, 0.5) is 0 Å². The number of hydrogen-bond donors (Lipinski definition) is 1. The minimum absolute atomic E-state index is 0.0959. The molecule has 0 radical (unpaired) electrons. The molecule has 0 fully saturated rings. The first-order valence-electron chi connectivity index (χ1n) is 3.86. The summed E-state index contributed by atoms with van der Waals surface area (Å²) in [6.45, 7) is -0.628. The molecule has 0 aliphatic carbocycles. The normalized spacial score (nSPS) is 10.4. The Kier molecular flexibility index (Phi) is 4.23. The van der Waals surface area contributed by atoms with E-state index >= 15 is 0 Å². The molecule has 0 saturated carbocycles. The third kappa shape index (κ3) is 2.91. The van der Waals surface area contributed by atoms with E-state index in [1.807, 2.05) is 0 Å². The summed E-state index contributed by atoms with van der Waals surface area (Å²) in [6, 6.07) is 7.30. The van der Waals surface area contributed by atoms with Crippen LogP contribution in [0.1, 0.15) is 10.4 Å². The number of aliphatic hydroxyl groups excluding tert-OH is 1. The lowest BCUT2D eigenvalue weighted by Crippen LogP contribution is -2.07. The molecular formula is C9H9O4P. The van der Waals surface area contributed by atoms with Crippen LogP contribution in [0.2, 0.25) is 0 Å². The largest absolute Gasteiger partial charge is 0.435 e. The van der Waals surface area contributed by atoms with E-state index in [0.29, 0.717) is 5.56 Å². The molecule has 0 aliphatic heterocycles. The van der Waals surface area contributed by atoms with Crippen LogP contribution < -0.4 is 5.30 Å². The summed E-state index contributed by atoms with van der Waals surface area (Å²) in [5.74, 6) is -0.575. The fourth-order valence-electron chi connectivity index (χ4n) is 0.913. The van der Waals surface area contributed by atoms with Gasteiger partial charge in [0, 0.05) is 0 Å². The van der Waals surface area contributed by atoms with Crippen LogP contribution >= 0.6 is 8.58 Å². The topological polar surface area (TPSA) is 63.6 Å². The molecule has 0 aromatic heterocycles. The number of benzene rings is 1. The minimum Gasteiger partial charge on any atom is -0.435 e. The molecule has 1 N–H and O–H groups in total. The quantitative estimate of drug-likeness (QED) is 0.337. The molecule has 5 heteroatoms. The summed E-state index contributed by atoms with van der Waals surface area (Å²) in [5.41, 5.74) is 0.360. The van der Waals surface area contributed by atoms with Gasteiger partial charge in [-0.25, -0.2) is 4.79 Å². The molecule has 1 atom stereocenters. The number of rotatable bonds is 4. The molecule has 1 aromatic carbocycles. The third-order valence-corrected chi connectivity index (χ3v) is 2.33. The van der Waals surface area contributed by atoms with Gasteiger partial charge in [0.05, 0.1) is 5.56 Å². The molecule has 0 spiro atoms. The van der Waals surface area contributed by atoms with Crippen molar-refractivity contribution in [1.29, 1.82) is 0 Å². The Hall–Kier alpha value is -1.25. The van der Waals surface area contributed by atoms with Crippen molar-refractivity contribution in [2.45, 2.75) is 0 Å². The van der Waals surface area contributed by atoms with Crippen LogP contribution in [-0.2, 0) is 9.53 Å². The summed E-state index contributed by atoms with van der Waals surface area (Å²) in [6.07, 6.45) is 0. The second-order valence-corrected chi connectivity index (χ2v) is 3.50. The van der Waals surface area contributed by atoms with Crippen molar-refractivity contribution in [3.8, 4) is 0 Å². The van der Waals surface area contributed by atoms with Gasteiger partial charge in [-0.05, 0) is 26.0 Å². The van der Waals surface area contributed by atoms with Crippen LogP contribution in [0.5, 0.6) is 0 Å². The predicted octanol–water partition coefficient (Wildman–Crippen LogP) is 0.287. The molecule has 0 bridgehead atoms. The Morgan fingerprint density at radius 3 is 2.57 bits per heavy atom. The van der Waals surface area contributed by atoms with E-state index in [0.717, 1.165) is 11.3 Å². The van der Waals surface area contributed by atoms with E-state index in [1.54, 1.807) is 24.3 Å². The summed E-state index contributed by atoms with van der Waals surface area (Å²) in [5, 5.41) is 9.21. The number of aliphatic hydroxyl groups is 1. The third-order valence-electron chi connectivity index (χ3n) is 1.54. The fraction of sp³-hybridized carbons (Fsp3) is 0.111. The zero-order valence-electron chi connectivity index (χ0n) is 7.27. The molecule has 1 rings (SSSR count). The number of hydrogen-bond acceptors (Lipinski definition) is 4. The molecule has 0 amide bonds. The highest BCUT2D eigenvalue weighted by molar-refractivity contribution is 7.62. The van der Waals surface area contributed by atoms with Crippen molar-refractivity contribution in [3.05, 3.63) is 29.8 Å². The van der Waals surface area contributed by atoms with Crippen LogP contribution in [0.15, 0.2) is 24.3 Å². The zero-order chi connectivity index (χ0) is 10.4. The number of carbonyl (C=O) groups is 2. The Morgan fingerprint density at radius 2 is 2.07 bits per heavy atom. The summed E-state index contributed by atoms with van der Waals surface area (Å²) < 4.78 is 4.38. The highest BCUT2D eigenvalue weighted by atomic mass is 31.1. The number of ether oxygens (including phenoxy) is 1. The highest BCUT2D eigenvalue weighted by Crippen LogP contribution is 2.07. The Labute approximate surface area is 82.7 Å². The van der Waals surface area contributed by atoms with Gasteiger partial charge >= 0.3 is 5.97 Å². The van der Waals surface area contributed by atoms with E-state index in [4.69, 9.17) is 5.11 Å². The van der Waals surface area contributed by atoms with Crippen molar-refractivity contribution in [2.24, 2.45) is 0 Å². The van der Waals surface area contributed by atoms with Gasteiger partial charge in [-0.1, -0.05) is 12.1 Å². The number of carbonyl (C=O) groups excluding carboxylic acids is 2. The van der Waals surface area contributed by atoms with Gasteiger partial charge in [-0.2, -0.15) is 0 Å². The Morgan fingerprint density at radius 1 is 1.43 bits per heavy atom. The summed E-state index contributed by atoms with van der Waals surface area (Å²) in [7, 11) is 0.0959. The van der Waals surface area contributed by atoms with Crippen molar-refractivity contribution < 1.29 is 19.4 Å². The van der Waals surface area contributed by atoms with Gasteiger partial charge in [0.15, 0.2) is 6.79 Å². The van der Waals surface area contributed by atoms with Crippen molar-refractivity contribution in [3.63, 3.8) is 0 Å². The van der Waals surface area contributed by atoms with Crippen LogP contribution in [0.3, 0.4) is 0 Å². The smallest absolute Gasteiger partial charge is 0.340 e. The van der Waals surface area contributed by atoms with Gasteiger partial charge in [0.25, 0.3) is 0 Å². The zero-order valence-corrected chi connectivity index (χ0v) is 8.27. The first kappa shape index (κ1) is 10.8. The van der Waals surface area contributed by atoms with Crippen LogP contribution in [0.25, 0.3) is 0 Å². The number of esters is 1. The average Bonchev–Trinajstić information content (AvgIpc) is 2.20. The van der Waals surface area contributed by atoms with Gasteiger partial charge in [-0.3, -0.25) is 4.79 Å². The Balaban J connectivity index is 2.72. The fourth-order valence-corrected chi connectivity index (χ4v) is 1.41. The minimum atomic E-state index is -0.628. The molecule has 14 heavy (non-hydrogen) atoms. The van der Waals surface area contributed by atoms with Gasteiger partial charge in [-0.15, -0.1) is 0 Å². The lowest BCUT2D eigenvalue weighted by molar-refractivity contribution is 0.00684. The second kappa shape index (κ2) is 5.47. The molecule has 74 valence electrons.